The molecule has 0 saturated heterocycles. The van der Waals surface area contributed by atoms with Crippen molar-refractivity contribution in [3.05, 3.63) is 47.7 Å². The summed E-state index contributed by atoms with van der Waals surface area (Å²) in [7, 11) is 0. The van der Waals surface area contributed by atoms with E-state index in [0.717, 1.165) is 35.0 Å². The number of carbonyl (C=O) groups excluding carboxylic acids is 1. The lowest BCUT2D eigenvalue weighted by Gasteiger charge is -2.18. The normalized spacial score (nSPS) is 12.8. The first-order valence-corrected chi connectivity index (χ1v) is 10.8. The van der Waals surface area contributed by atoms with Gasteiger partial charge in [0, 0.05) is 19.1 Å². The molecule has 0 saturated carbocycles. The highest BCUT2D eigenvalue weighted by atomic mass is 16.6. The van der Waals surface area contributed by atoms with Crippen molar-refractivity contribution in [2.75, 3.05) is 31.3 Å². The number of hydrogen-bond acceptors (Lipinski definition) is 9. The number of nitrogens with zero attached hydrogens (tertiary/aromatic N) is 3. The number of nitrogens with two attached hydrogens (primary N) is 1. The average molecular weight is 447 g/mol. The number of amides is 1. The third-order valence-corrected chi connectivity index (χ3v) is 4.70. The van der Waals surface area contributed by atoms with Crippen molar-refractivity contribution in [1.82, 2.24) is 20.8 Å². The summed E-state index contributed by atoms with van der Waals surface area (Å²) in [5, 5.41) is 25.6. The van der Waals surface area contributed by atoms with Gasteiger partial charge in [-0.05, 0) is 57.5 Å². The van der Waals surface area contributed by atoms with Gasteiger partial charge in [0.15, 0.2) is 5.82 Å². The fourth-order valence-corrected chi connectivity index (χ4v) is 2.80. The maximum absolute atomic E-state index is 11.6. The van der Waals surface area contributed by atoms with Gasteiger partial charge >= 0.3 is 6.09 Å². The number of anilines is 1. The highest BCUT2D eigenvalue weighted by Crippen LogP contribution is 2.16. The number of aromatic nitrogens is 2. The lowest BCUT2D eigenvalue weighted by atomic mass is 10.2. The van der Waals surface area contributed by atoms with Crippen LogP contribution in [0.4, 0.5) is 10.6 Å². The summed E-state index contributed by atoms with van der Waals surface area (Å²) in [5.74, 6) is 6.65. The van der Waals surface area contributed by atoms with Crippen LogP contribution in [0.15, 0.2) is 36.4 Å². The lowest BCUT2D eigenvalue weighted by molar-refractivity contribution is 0.103. The maximum atomic E-state index is 11.6. The van der Waals surface area contributed by atoms with Gasteiger partial charge in [0.25, 0.3) is 0 Å². The van der Waals surface area contributed by atoms with Crippen LogP contribution in [0.25, 0.3) is 0 Å². The number of aryl methyl sites for hydroxylation is 1. The topological polar surface area (TPSA) is 135 Å². The number of hydrazine groups is 1. The molecule has 2 rings (SSSR count). The van der Waals surface area contributed by atoms with Crippen LogP contribution in [0, 0.1) is 6.92 Å². The molecule has 2 atom stereocenters. The molecule has 1 aromatic heterocycles. The molecule has 0 aliphatic rings. The molecule has 2 aromatic rings. The molecule has 5 N–H and O–H groups in total. The van der Waals surface area contributed by atoms with Crippen LogP contribution >= 0.6 is 0 Å². The summed E-state index contributed by atoms with van der Waals surface area (Å²) in [6, 6.07) is 11.3. The summed E-state index contributed by atoms with van der Waals surface area (Å²) >= 11 is 0. The minimum absolute atomic E-state index is 0.218. The highest BCUT2D eigenvalue weighted by Gasteiger charge is 2.14. The fraction of sp³-hybridized carbons (Fsp3) is 0.500. The predicted molar refractivity (Wildman–Crippen MR) is 122 cm³/mol. The minimum atomic E-state index is -0.680. The van der Waals surface area contributed by atoms with E-state index in [1.54, 1.807) is 19.1 Å². The second-order valence-corrected chi connectivity index (χ2v) is 7.46. The molecule has 176 valence electrons. The Kier molecular flexibility index (Phi) is 10.8. The van der Waals surface area contributed by atoms with Gasteiger partial charge in [0.1, 0.15) is 18.5 Å². The summed E-state index contributed by atoms with van der Waals surface area (Å²) in [5.41, 5.74) is 1.78. The Balaban J connectivity index is 1.60. The molecule has 0 spiro atoms. The summed E-state index contributed by atoms with van der Waals surface area (Å²) in [6.07, 6.45) is -0.396. The first-order valence-electron chi connectivity index (χ1n) is 10.8. The van der Waals surface area contributed by atoms with Gasteiger partial charge in [0.05, 0.1) is 12.3 Å². The molecule has 10 nitrogen and oxygen atoms in total. The SMILES string of the molecule is CCOC(=O)N(N)c1ccc(CNCCC(C)NCC(O)COc2ccccc2C)nn1. The van der Waals surface area contributed by atoms with Crippen molar-refractivity contribution in [2.24, 2.45) is 5.84 Å². The lowest BCUT2D eigenvalue weighted by Crippen LogP contribution is -2.38. The molecule has 0 fully saturated rings. The molecule has 0 bridgehead atoms. The number of ether oxygens (including phenoxy) is 2. The van der Waals surface area contributed by atoms with E-state index in [4.69, 9.17) is 15.3 Å². The number of para-hydroxylation sites is 1. The Hall–Kier alpha value is -2.79. The van der Waals surface area contributed by atoms with Crippen molar-refractivity contribution >= 4 is 11.9 Å². The van der Waals surface area contributed by atoms with E-state index in [2.05, 4.69) is 27.8 Å². The van der Waals surface area contributed by atoms with Crippen molar-refractivity contribution in [3.63, 3.8) is 0 Å². The van der Waals surface area contributed by atoms with Crippen molar-refractivity contribution in [3.8, 4) is 5.75 Å². The Morgan fingerprint density at radius 1 is 1.25 bits per heavy atom. The van der Waals surface area contributed by atoms with Crippen LogP contribution < -0.4 is 26.2 Å². The van der Waals surface area contributed by atoms with Crippen molar-refractivity contribution in [1.29, 1.82) is 0 Å². The van der Waals surface area contributed by atoms with Crippen LogP contribution in [0.2, 0.25) is 0 Å². The first kappa shape index (κ1) is 25.5. The van der Waals surface area contributed by atoms with E-state index < -0.39 is 12.2 Å². The van der Waals surface area contributed by atoms with E-state index in [1.807, 2.05) is 31.2 Å². The second-order valence-electron chi connectivity index (χ2n) is 7.46. The first-order chi connectivity index (χ1) is 15.4. The second kappa shape index (κ2) is 13.6. The molecule has 1 heterocycles. The molecular weight excluding hydrogens is 412 g/mol. The van der Waals surface area contributed by atoms with E-state index in [9.17, 15) is 9.90 Å². The molecule has 2 unspecified atom stereocenters. The number of nitrogens with one attached hydrogen (secondary N) is 2. The highest BCUT2D eigenvalue weighted by molar-refractivity contribution is 5.84. The predicted octanol–water partition coefficient (Wildman–Crippen LogP) is 1.52. The van der Waals surface area contributed by atoms with Crippen LogP contribution in [-0.4, -0.2) is 59.8 Å². The Morgan fingerprint density at radius 3 is 2.72 bits per heavy atom. The number of hydrogen-bond donors (Lipinski definition) is 4. The number of rotatable bonds is 13. The minimum Gasteiger partial charge on any atom is -0.491 e. The van der Waals surface area contributed by atoms with E-state index in [1.165, 1.54) is 0 Å². The quantitative estimate of drug-likeness (QED) is 0.156. The third kappa shape index (κ3) is 8.75. The number of benzene rings is 1. The molecule has 32 heavy (non-hydrogen) atoms. The summed E-state index contributed by atoms with van der Waals surface area (Å²) in [6.45, 7) is 7.98. The van der Waals surface area contributed by atoms with Crippen LogP contribution in [0.1, 0.15) is 31.5 Å². The molecule has 0 radical (unpaired) electrons. The number of carbonyl (C=O) groups is 1. The average Bonchev–Trinajstić information content (AvgIpc) is 2.80. The Labute approximate surface area is 189 Å². The monoisotopic (exact) mass is 446 g/mol. The largest absolute Gasteiger partial charge is 0.491 e. The molecule has 1 aromatic carbocycles. The summed E-state index contributed by atoms with van der Waals surface area (Å²) in [4.78, 5) is 11.6. The Morgan fingerprint density at radius 2 is 2.03 bits per heavy atom. The standard InChI is InChI=1S/C22H34N6O4/c1-4-31-22(30)28(23)21-10-9-18(26-27-21)13-24-12-11-17(3)25-14-19(29)15-32-20-8-6-5-7-16(20)2/h5-10,17,19,24-25,29H,4,11-15,23H2,1-3H3. The van der Waals surface area contributed by atoms with Gasteiger partial charge in [0.2, 0.25) is 0 Å². The van der Waals surface area contributed by atoms with Crippen molar-refractivity contribution < 1.29 is 19.4 Å². The van der Waals surface area contributed by atoms with Gasteiger partial charge in [-0.25, -0.2) is 10.6 Å². The molecule has 0 aliphatic carbocycles. The van der Waals surface area contributed by atoms with E-state index in [0.29, 0.717) is 13.1 Å². The maximum Gasteiger partial charge on any atom is 0.430 e. The van der Waals surface area contributed by atoms with Gasteiger partial charge in [-0.3, -0.25) is 0 Å². The van der Waals surface area contributed by atoms with Crippen LogP contribution in [-0.2, 0) is 11.3 Å². The number of aliphatic hydroxyl groups is 1. The molecular formula is C22H34N6O4. The number of aliphatic hydroxyl groups excluding tert-OH is 1. The Bertz CT molecular complexity index is 820. The third-order valence-electron chi connectivity index (χ3n) is 4.70. The smallest absolute Gasteiger partial charge is 0.430 e. The van der Waals surface area contributed by atoms with Crippen molar-refractivity contribution in [2.45, 2.75) is 45.9 Å². The van der Waals surface area contributed by atoms with E-state index >= 15 is 0 Å². The van der Waals surface area contributed by atoms with Gasteiger partial charge in [-0.2, -0.15) is 10.1 Å². The fourth-order valence-electron chi connectivity index (χ4n) is 2.80. The van der Waals surface area contributed by atoms with Crippen LogP contribution in [0.5, 0.6) is 5.75 Å². The molecule has 10 heteroatoms. The zero-order chi connectivity index (χ0) is 23.3. The van der Waals surface area contributed by atoms with Gasteiger partial charge < -0.3 is 25.2 Å². The van der Waals surface area contributed by atoms with Gasteiger partial charge in [-0.15, -0.1) is 5.10 Å². The van der Waals surface area contributed by atoms with Crippen LogP contribution in [0.3, 0.4) is 0 Å². The zero-order valence-electron chi connectivity index (χ0n) is 19.0. The van der Waals surface area contributed by atoms with Gasteiger partial charge in [-0.1, -0.05) is 18.2 Å². The zero-order valence-corrected chi connectivity index (χ0v) is 19.0. The molecule has 0 aliphatic heterocycles. The summed E-state index contributed by atoms with van der Waals surface area (Å²) < 4.78 is 10.5. The van der Waals surface area contributed by atoms with E-state index in [-0.39, 0.29) is 25.1 Å². The molecule has 1 amide bonds.